The van der Waals surface area contributed by atoms with Crippen LogP contribution in [0.1, 0.15) is 46.0 Å². The molecule has 2 heterocycles. The monoisotopic (exact) mass is 475 g/mol. The number of nitro groups is 1. The van der Waals surface area contributed by atoms with Gasteiger partial charge in [-0.15, -0.1) is 10.2 Å². The van der Waals surface area contributed by atoms with Crippen LogP contribution in [-0.2, 0) is 0 Å². The highest BCUT2D eigenvalue weighted by molar-refractivity contribution is 6.50. The third kappa shape index (κ3) is 4.39. The van der Waals surface area contributed by atoms with Gasteiger partial charge in [0.25, 0.3) is 5.69 Å². The van der Waals surface area contributed by atoms with Crippen molar-refractivity contribution in [3.63, 3.8) is 0 Å². The van der Waals surface area contributed by atoms with Crippen LogP contribution in [0.4, 0.5) is 17.1 Å². The van der Waals surface area contributed by atoms with E-state index in [-0.39, 0.29) is 28.2 Å². The maximum absolute atomic E-state index is 11.3. The molecule has 4 rings (SSSR count). The molecule has 0 amide bonds. The molecule has 10 heteroatoms. The van der Waals surface area contributed by atoms with E-state index >= 15 is 0 Å². The van der Waals surface area contributed by atoms with Crippen molar-refractivity contribution in [3.05, 3.63) is 57.9 Å². The second-order valence-electron chi connectivity index (χ2n) is 9.42. The number of nitrogens with zero attached hydrogens (tertiary/aromatic N) is 7. The van der Waals surface area contributed by atoms with Crippen LogP contribution in [0.25, 0.3) is 11.4 Å². The van der Waals surface area contributed by atoms with Crippen LogP contribution in [0.3, 0.4) is 0 Å². The van der Waals surface area contributed by atoms with Crippen LogP contribution >= 0.6 is 0 Å². The van der Waals surface area contributed by atoms with E-state index in [0.717, 1.165) is 30.0 Å². The van der Waals surface area contributed by atoms with Gasteiger partial charge in [0.2, 0.25) is 5.82 Å². The number of rotatable bonds is 6. The molecule has 0 spiro atoms. The maximum Gasteiger partial charge on any atom is 0.270 e. The average Bonchev–Trinajstić information content (AvgIpc) is 3.36. The number of benzene rings is 2. The van der Waals surface area contributed by atoms with Gasteiger partial charge in [-0.1, -0.05) is 20.8 Å². The number of hydrogen-bond acceptors (Lipinski definition) is 8. The van der Waals surface area contributed by atoms with Crippen molar-refractivity contribution in [3.8, 4) is 17.1 Å². The van der Waals surface area contributed by atoms with Gasteiger partial charge in [-0.25, -0.2) is 4.99 Å². The summed E-state index contributed by atoms with van der Waals surface area (Å²) in [5.74, 6) is 0.483. The quantitative estimate of drug-likeness (QED) is 0.391. The Hall–Kier alpha value is -4.08. The molecule has 0 saturated carbocycles. The fourth-order valence-corrected chi connectivity index (χ4v) is 4.04. The summed E-state index contributed by atoms with van der Waals surface area (Å²) in [4.78, 5) is 18.0. The Bertz CT molecular complexity index is 1360. The lowest BCUT2D eigenvalue weighted by atomic mass is 9.87. The number of phenolic OH excluding ortho intramolecular Hbond substituents is 1. The number of non-ortho nitro benzene ring substituents is 1. The van der Waals surface area contributed by atoms with Gasteiger partial charge in [-0.05, 0) is 50.6 Å². The number of aryl methyl sites for hydroxylation is 1. The van der Waals surface area contributed by atoms with Gasteiger partial charge in [-0.2, -0.15) is 9.78 Å². The predicted octanol–water partition coefficient (Wildman–Crippen LogP) is 5.10. The third-order valence-electron chi connectivity index (χ3n) is 5.96. The first-order valence-electron chi connectivity index (χ1n) is 11.5. The Morgan fingerprint density at radius 2 is 1.77 bits per heavy atom. The molecule has 0 fully saturated rings. The molecule has 0 aliphatic carbocycles. The molecule has 0 unspecified atom stereocenters. The normalized spacial score (nSPS) is 14.2. The molecule has 0 bridgehead atoms. The Morgan fingerprint density at radius 3 is 2.37 bits per heavy atom. The van der Waals surface area contributed by atoms with Gasteiger partial charge in [0.05, 0.1) is 21.9 Å². The molecule has 1 aliphatic heterocycles. The van der Waals surface area contributed by atoms with Crippen LogP contribution in [0.2, 0.25) is 0 Å². The van der Waals surface area contributed by atoms with Gasteiger partial charge < -0.3 is 10.0 Å². The molecule has 0 atom stereocenters. The number of hydrogen-bond donors (Lipinski definition) is 1. The molecule has 1 N–H and O–H groups in total. The van der Waals surface area contributed by atoms with Gasteiger partial charge in [0.15, 0.2) is 5.82 Å². The standard InChI is InChI=1S/C25H29N7O3/c1-7-30(8-2)16-9-11-19(15(3)13-16)26-21-22(25(4,5)6)29-31-23(27-28-24(21)31)18-14-17(32(34)35)10-12-20(18)33/h9-14,33H,7-8H2,1-6H3. The zero-order valence-corrected chi connectivity index (χ0v) is 20.8. The van der Waals surface area contributed by atoms with E-state index in [2.05, 4.69) is 41.1 Å². The summed E-state index contributed by atoms with van der Waals surface area (Å²) in [5, 5.41) is 34.9. The van der Waals surface area contributed by atoms with Crippen molar-refractivity contribution in [1.29, 1.82) is 0 Å². The number of fused-ring (bicyclic) bond motifs is 1. The zero-order chi connectivity index (χ0) is 25.5. The van der Waals surface area contributed by atoms with Crippen LogP contribution in [-0.4, -0.2) is 49.4 Å². The fourth-order valence-electron chi connectivity index (χ4n) is 4.04. The summed E-state index contributed by atoms with van der Waals surface area (Å²) in [5.41, 5.74) is 3.90. The minimum absolute atomic E-state index is 0.147. The molecule has 10 nitrogen and oxygen atoms in total. The molecule has 1 aromatic heterocycles. The highest BCUT2D eigenvalue weighted by Gasteiger charge is 2.36. The van der Waals surface area contributed by atoms with Gasteiger partial charge in [0, 0.05) is 36.3 Å². The van der Waals surface area contributed by atoms with Gasteiger partial charge >= 0.3 is 0 Å². The van der Waals surface area contributed by atoms with E-state index < -0.39 is 4.92 Å². The van der Waals surface area contributed by atoms with Crippen LogP contribution in [0.5, 0.6) is 5.75 Å². The lowest BCUT2D eigenvalue weighted by molar-refractivity contribution is -0.384. The van der Waals surface area contributed by atoms with E-state index in [9.17, 15) is 15.2 Å². The lowest BCUT2D eigenvalue weighted by Gasteiger charge is -2.22. The lowest BCUT2D eigenvalue weighted by Crippen LogP contribution is -2.27. The van der Waals surface area contributed by atoms with Gasteiger partial charge in [0.1, 0.15) is 11.5 Å². The molecule has 2 aromatic carbocycles. The van der Waals surface area contributed by atoms with Crippen molar-refractivity contribution in [1.82, 2.24) is 14.9 Å². The number of aromatic hydroxyl groups is 1. The van der Waals surface area contributed by atoms with E-state index in [1.807, 2.05) is 33.8 Å². The second kappa shape index (κ2) is 8.94. The van der Waals surface area contributed by atoms with Crippen molar-refractivity contribution < 1.29 is 10.0 Å². The summed E-state index contributed by atoms with van der Waals surface area (Å²) in [6, 6.07) is 9.94. The largest absolute Gasteiger partial charge is 0.507 e. The summed E-state index contributed by atoms with van der Waals surface area (Å²) < 4.78 is 1.50. The topological polar surface area (TPSA) is 122 Å². The SMILES string of the molecule is CCN(CC)c1ccc(N=C2C(C(C)(C)C)=Nn3c2nnc3-c2cc([N+](=O)[O-])ccc2O)c(C)c1. The van der Waals surface area contributed by atoms with E-state index in [0.29, 0.717) is 17.2 Å². The molecular weight excluding hydrogens is 446 g/mol. The molecule has 0 radical (unpaired) electrons. The Kier molecular flexibility index (Phi) is 6.14. The molecule has 1 aliphatic rings. The van der Waals surface area contributed by atoms with Crippen molar-refractivity contribution in [2.75, 3.05) is 18.0 Å². The molecule has 3 aromatic rings. The number of aliphatic imine (C=N–C) groups is 1. The summed E-state index contributed by atoms with van der Waals surface area (Å²) >= 11 is 0. The first-order chi connectivity index (χ1) is 16.5. The molecule has 182 valence electrons. The minimum Gasteiger partial charge on any atom is -0.507 e. The Morgan fingerprint density at radius 1 is 1.09 bits per heavy atom. The fraction of sp³-hybridized carbons (Fsp3) is 0.360. The van der Waals surface area contributed by atoms with Crippen molar-refractivity contribution >= 4 is 28.5 Å². The first kappa shape index (κ1) is 24.1. The highest BCUT2D eigenvalue weighted by atomic mass is 16.6. The van der Waals surface area contributed by atoms with E-state index in [4.69, 9.17) is 10.1 Å². The first-order valence-corrected chi connectivity index (χ1v) is 11.5. The number of anilines is 1. The van der Waals surface area contributed by atoms with E-state index in [1.165, 1.54) is 22.9 Å². The second-order valence-corrected chi connectivity index (χ2v) is 9.42. The van der Waals surface area contributed by atoms with E-state index in [1.54, 1.807) is 0 Å². The summed E-state index contributed by atoms with van der Waals surface area (Å²) in [6.45, 7) is 14.2. The molecule has 35 heavy (non-hydrogen) atoms. The summed E-state index contributed by atoms with van der Waals surface area (Å²) in [7, 11) is 0. The van der Waals surface area contributed by atoms with Crippen molar-refractivity contribution in [2.45, 2.75) is 41.5 Å². The van der Waals surface area contributed by atoms with Gasteiger partial charge in [-0.3, -0.25) is 10.1 Å². The molecular formula is C25H29N7O3. The third-order valence-corrected chi connectivity index (χ3v) is 5.96. The predicted molar refractivity (Wildman–Crippen MR) is 137 cm³/mol. The number of nitro benzene ring substituents is 1. The zero-order valence-electron chi connectivity index (χ0n) is 20.8. The van der Waals surface area contributed by atoms with Crippen LogP contribution in [0, 0.1) is 22.5 Å². The van der Waals surface area contributed by atoms with Crippen LogP contribution < -0.4 is 4.90 Å². The number of phenols is 1. The smallest absolute Gasteiger partial charge is 0.270 e. The summed E-state index contributed by atoms with van der Waals surface area (Å²) in [6.07, 6.45) is 0. The van der Waals surface area contributed by atoms with Crippen molar-refractivity contribution in [2.24, 2.45) is 15.5 Å². The Labute approximate surface area is 203 Å². The highest BCUT2D eigenvalue weighted by Crippen LogP contribution is 2.35. The maximum atomic E-state index is 11.3. The van der Waals surface area contributed by atoms with Crippen LogP contribution in [0.15, 0.2) is 46.5 Å². The minimum atomic E-state index is -0.522. The number of aromatic nitrogens is 3. The average molecular weight is 476 g/mol. The molecule has 0 saturated heterocycles. The Balaban J connectivity index is 1.85.